The van der Waals surface area contributed by atoms with Crippen LogP contribution in [0.2, 0.25) is 10.0 Å². The molecule has 0 aliphatic heterocycles. The van der Waals surface area contributed by atoms with E-state index in [0.717, 1.165) is 16.9 Å². The fourth-order valence-corrected chi connectivity index (χ4v) is 4.81. The largest absolute Gasteiger partial charge is 0.416 e. The molecule has 0 aliphatic rings. The van der Waals surface area contributed by atoms with Crippen LogP contribution in [0, 0.1) is 0 Å². The van der Waals surface area contributed by atoms with E-state index in [4.69, 9.17) is 23.2 Å². The van der Waals surface area contributed by atoms with Crippen LogP contribution in [0.25, 0.3) is 0 Å². The van der Waals surface area contributed by atoms with Gasteiger partial charge in [-0.25, -0.2) is 13.1 Å². The molecule has 0 spiro atoms. The Hall–Kier alpha value is -2.54. The number of rotatable bonds is 9. The minimum atomic E-state index is -4.60. The van der Waals surface area contributed by atoms with Crippen LogP contribution in [0.15, 0.2) is 47.4 Å². The fraction of sp³-hybridized carbons (Fsp3) is 0.300. The molecule has 0 radical (unpaired) electrons. The van der Waals surface area contributed by atoms with Crippen molar-refractivity contribution >= 4 is 39.0 Å². The molecule has 1 atom stereocenters. The molecule has 8 nitrogen and oxygen atoms in total. The second-order valence-corrected chi connectivity index (χ2v) is 9.71. The Balaban J connectivity index is 1.68. The molecule has 0 bridgehead atoms. The van der Waals surface area contributed by atoms with E-state index in [0.29, 0.717) is 27.7 Å². The first-order valence-corrected chi connectivity index (χ1v) is 12.1. The molecule has 1 N–H and O–H groups in total. The minimum Gasteiger partial charge on any atom is -0.296 e. The third-order valence-electron chi connectivity index (χ3n) is 4.77. The third-order valence-corrected chi connectivity index (χ3v) is 6.97. The number of tetrazole rings is 1. The summed E-state index contributed by atoms with van der Waals surface area (Å²) in [5.74, 6) is -0.307. The molecule has 0 amide bonds. The average molecular weight is 536 g/mol. The zero-order valence-corrected chi connectivity index (χ0v) is 19.9. The summed E-state index contributed by atoms with van der Waals surface area (Å²) in [6.45, 7) is 1.20. The first-order valence-electron chi connectivity index (χ1n) is 9.82. The Labute approximate surface area is 203 Å². The van der Waals surface area contributed by atoms with Gasteiger partial charge >= 0.3 is 6.18 Å². The van der Waals surface area contributed by atoms with E-state index in [1.54, 1.807) is 25.1 Å². The average Bonchev–Trinajstić information content (AvgIpc) is 3.21. The fourth-order valence-electron chi connectivity index (χ4n) is 2.98. The van der Waals surface area contributed by atoms with E-state index < -0.39 is 38.5 Å². The normalized spacial score (nSPS) is 13.1. The number of alkyl halides is 3. The summed E-state index contributed by atoms with van der Waals surface area (Å²) in [5, 5.41) is 12.6. The molecule has 182 valence electrons. The number of ketones is 1. The van der Waals surface area contributed by atoms with Crippen molar-refractivity contribution in [1.82, 2.24) is 24.9 Å². The Morgan fingerprint density at radius 1 is 1.12 bits per heavy atom. The molecule has 0 aliphatic carbocycles. The number of hydrogen-bond acceptors (Lipinski definition) is 6. The number of nitrogens with zero attached hydrogens (tertiary/aromatic N) is 4. The number of hydrogen-bond donors (Lipinski definition) is 1. The third kappa shape index (κ3) is 6.32. The van der Waals surface area contributed by atoms with Crippen molar-refractivity contribution < 1.29 is 26.4 Å². The lowest BCUT2D eigenvalue weighted by atomic mass is 10.1. The number of carbonyl (C=O) groups excluding carboxylic acids is 1. The lowest BCUT2D eigenvalue weighted by Gasteiger charge is -2.16. The smallest absolute Gasteiger partial charge is 0.296 e. The zero-order valence-electron chi connectivity index (χ0n) is 17.6. The van der Waals surface area contributed by atoms with E-state index in [9.17, 15) is 26.4 Å². The molecule has 0 saturated heterocycles. The van der Waals surface area contributed by atoms with E-state index in [1.165, 1.54) is 0 Å². The van der Waals surface area contributed by atoms with Crippen molar-refractivity contribution in [3.05, 3.63) is 69.5 Å². The summed E-state index contributed by atoms with van der Waals surface area (Å²) in [5.41, 5.74) is -0.395. The van der Waals surface area contributed by atoms with Gasteiger partial charge in [0.1, 0.15) is 6.54 Å². The van der Waals surface area contributed by atoms with E-state index in [-0.39, 0.29) is 25.2 Å². The van der Waals surface area contributed by atoms with Gasteiger partial charge in [-0.05, 0) is 53.6 Å². The summed E-state index contributed by atoms with van der Waals surface area (Å²) in [4.78, 5) is 13.3. The number of benzene rings is 2. The summed E-state index contributed by atoms with van der Waals surface area (Å²) >= 11 is 12.3. The molecule has 3 rings (SSSR count). The maximum absolute atomic E-state index is 12.7. The van der Waals surface area contributed by atoms with Crippen LogP contribution in [0.1, 0.15) is 30.3 Å². The number of sulfonamides is 1. The van der Waals surface area contributed by atoms with Gasteiger partial charge in [-0.15, -0.1) is 10.2 Å². The van der Waals surface area contributed by atoms with Crippen LogP contribution in [0.3, 0.4) is 0 Å². The zero-order chi connectivity index (χ0) is 25.1. The predicted octanol–water partition coefficient (Wildman–Crippen LogP) is 3.92. The highest BCUT2D eigenvalue weighted by atomic mass is 35.5. The monoisotopic (exact) mass is 535 g/mol. The van der Waals surface area contributed by atoms with Crippen LogP contribution in [-0.2, 0) is 34.0 Å². The lowest BCUT2D eigenvalue weighted by molar-refractivity contribution is -0.137. The van der Waals surface area contributed by atoms with Crippen LogP contribution in [0.5, 0.6) is 0 Å². The Morgan fingerprint density at radius 3 is 2.29 bits per heavy atom. The maximum atomic E-state index is 12.7. The van der Waals surface area contributed by atoms with Gasteiger partial charge in [0.25, 0.3) is 0 Å². The Morgan fingerprint density at radius 2 is 1.74 bits per heavy atom. The Kier molecular flexibility index (Phi) is 7.96. The van der Waals surface area contributed by atoms with Gasteiger partial charge in [0.2, 0.25) is 10.0 Å². The van der Waals surface area contributed by atoms with Crippen LogP contribution >= 0.6 is 23.2 Å². The molecule has 0 saturated carbocycles. The van der Waals surface area contributed by atoms with Crippen molar-refractivity contribution in [3.8, 4) is 0 Å². The molecule has 1 unspecified atom stereocenters. The van der Waals surface area contributed by atoms with Gasteiger partial charge in [-0.2, -0.15) is 18.0 Å². The highest BCUT2D eigenvalue weighted by molar-refractivity contribution is 7.89. The van der Waals surface area contributed by atoms with Gasteiger partial charge in [0.15, 0.2) is 11.6 Å². The van der Waals surface area contributed by atoms with Gasteiger partial charge in [-0.1, -0.05) is 36.2 Å². The Bertz CT molecular complexity index is 1260. The molecule has 2 aromatic carbocycles. The molecule has 1 aromatic heterocycles. The van der Waals surface area contributed by atoms with Crippen LogP contribution in [0.4, 0.5) is 13.2 Å². The molecular weight excluding hydrogens is 518 g/mol. The van der Waals surface area contributed by atoms with Crippen molar-refractivity contribution in [2.24, 2.45) is 0 Å². The van der Waals surface area contributed by atoms with Crippen molar-refractivity contribution in [1.29, 1.82) is 0 Å². The van der Waals surface area contributed by atoms with Crippen LogP contribution < -0.4 is 4.72 Å². The predicted molar refractivity (Wildman–Crippen MR) is 118 cm³/mol. The molecule has 14 heteroatoms. The SMILES string of the molecule is CCC(NS(=O)(=O)c1ccc(C(F)(F)F)cc1)C(=O)Cn1nnc(Cc2c(Cl)cccc2Cl)n1. The van der Waals surface area contributed by atoms with Crippen molar-refractivity contribution in [2.75, 3.05) is 0 Å². The molecular formula is C20H18Cl2F3N5O3S. The molecule has 0 fully saturated rings. The van der Waals surface area contributed by atoms with Gasteiger partial charge in [0, 0.05) is 16.5 Å². The second kappa shape index (κ2) is 10.4. The summed E-state index contributed by atoms with van der Waals surface area (Å²) in [6.07, 6.45) is -4.33. The van der Waals surface area contributed by atoms with Crippen LogP contribution in [-0.4, -0.2) is 40.5 Å². The number of carbonyl (C=O) groups is 1. The summed E-state index contributed by atoms with van der Waals surface area (Å²) in [7, 11) is -4.25. The summed E-state index contributed by atoms with van der Waals surface area (Å²) in [6, 6.07) is 6.82. The number of Topliss-reactive ketones (excluding diaryl/α,β-unsaturated/α-hetero) is 1. The first-order chi connectivity index (χ1) is 15.9. The number of halogens is 5. The summed E-state index contributed by atoms with van der Waals surface area (Å²) < 4.78 is 65.5. The van der Waals surface area contributed by atoms with Crippen molar-refractivity contribution in [3.63, 3.8) is 0 Å². The number of nitrogens with one attached hydrogen (secondary N) is 1. The molecule has 3 aromatic rings. The topological polar surface area (TPSA) is 107 Å². The molecule has 34 heavy (non-hydrogen) atoms. The first kappa shape index (κ1) is 26.1. The van der Waals surface area contributed by atoms with E-state index >= 15 is 0 Å². The van der Waals surface area contributed by atoms with Gasteiger partial charge in [-0.3, -0.25) is 4.79 Å². The molecule has 1 heterocycles. The van der Waals surface area contributed by atoms with E-state index in [2.05, 4.69) is 20.1 Å². The standard InChI is InChI=1S/C20H18Cl2F3N5O3S/c1-2-17(28-34(32,33)13-8-6-12(7-9-13)20(23,24)25)18(31)11-30-27-19(26-29-30)10-14-15(21)4-3-5-16(14)22/h3-9,17,28H,2,10-11H2,1H3. The van der Waals surface area contributed by atoms with Crippen molar-refractivity contribution in [2.45, 2.75) is 43.4 Å². The van der Waals surface area contributed by atoms with Gasteiger partial charge < -0.3 is 0 Å². The highest BCUT2D eigenvalue weighted by Gasteiger charge is 2.31. The second-order valence-electron chi connectivity index (χ2n) is 7.18. The lowest BCUT2D eigenvalue weighted by Crippen LogP contribution is -2.42. The van der Waals surface area contributed by atoms with Gasteiger partial charge in [0.05, 0.1) is 16.5 Å². The number of aromatic nitrogens is 4. The highest BCUT2D eigenvalue weighted by Crippen LogP contribution is 2.30. The quantitative estimate of drug-likeness (QED) is 0.445. The maximum Gasteiger partial charge on any atom is 0.416 e. The van der Waals surface area contributed by atoms with E-state index in [1.807, 2.05) is 0 Å². The minimum absolute atomic E-state index is 0.0927.